The summed E-state index contributed by atoms with van der Waals surface area (Å²) in [7, 11) is 1.79. The van der Waals surface area contributed by atoms with Gasteiger partial charge in [-0.1, -0.05) is 6.07 Å². The molecule has 2 aliphatic rings. The van der Waals surface area contributed by atoms with Gasteiger partial charge in [-0.3, -0.25) is 10.00 Å². The fourth-order valence-corrected chi connectivity index (χ4v) is 3.89. The number of rotatable bonds is 5. The monoisotopic (exact) mass is 352 g/mol. The van der Waals surface area contributed by atoms with Gasteiger partial charge in [0.2, 0.25) is 0 Å². The summed E-state index contributed by atoms with van der Waals surface area (Å²) in [5.74, 6) is 2.50. The molecule has 7 nitrogen and oxygen atoms in total. The van der Waals surface area contributed by atoms with E-state index < -0.39 is 0 Å². The number of pyridine rings is 1. The lowest BCUT2D eigenvalue weighted by molar-refractivity contribution is 0.107. The number of hydrogen-bond acceptors (Lipinski definition) is 5. The van der Waals surface area contributed by atoms with E-state index in [4.69, 9.17) is 14.7 Å². The van der Waals surface area contributed by atoms with E-state index in [0.29, 0.717) is 5.92 Å². The zero-order chi connectivity index (χ0) is 17.7. The van der Waals surface area contributed by atoms with E-state index in [1.54, 1.807) is 7.11 Å². The third kappa shape index (κ3) is 2.91. The molecule has 1 aliphatic heterocycles. The number of hydrogen-bond donors (Lipinski definition) is 1. The van der Waals surface area contributed by atoms with Crippen molar-refractivity contribution in [3.63, 3.8) is 0 Å². The molecule has 0 amide bonds. The van der Waals surface area contributed by atoms with Gasteiger partial charge in [0.05, 0.1) is 17.8 Å². The SMILES string of the molecule is CO[C@@H]1C[C@@H](c2nc(C3CC3)n[nH]2)N(Cc2cn3cc(C)ccc3n2)C1. The lowest BCUT2D eigenvalue weighted by Gasteiger charge is -2.20. The van der Waals surface area contributed by atoms with E-state index in [2.05, 4.69) is 50.9 Å². The molecule has 4 heterocycles. The number of methoxy groups -OCH3 is 1. The summed E-state index contributed by atoms with van der Waals surface area (Å²) in [5, 5.41) is 7.62. The third-order valence-corrected chi connectivity index (χ3v) is 5.49. The van der Waals surface area contributed by atoms with Crippen LogP contribution in [0.2, 0.25) is 0 Å². The van der Waals surface area contributed by atoms with Gasteiger partial charge in [0.25, 0.3) is 0 Å². The summed E-state index contributed by atoms with van der Waals surface area (Å²) in [5.41, 5.74) is 3.29. The van der Waals surface area contributed by atoms with Gasteiger partial charge in [-0.15, -0.1) is 0 Å². The Morgan fingerprint density at radius 1 is 1.23 bits per heavy atom. The number of aromatic amines is 1. The molecule has 3 aromatic rings. The molecule has 2 atom stereocenters. The van der Waals surface area contributed by atoms with Crippen molar-refractivity contribution >= 4 is 5.65 Å². The number of nitrogens with one attached hydrogen (secondary N) is 1. The molecule has 0 spiro atoms. The van der Waals surface area contributed by atoms with Crippen molar-refractivity contribution in [3.8, 4) is 0 Å². The maximum absolute atomic E-state index is 5.64. The summed E-state index contributed by atoms with van der Waals surface area (Å²) in [6.45, 7) is 3.76. The van der Waals surface area contributed by atoms with Crippen LogP contribution in [-0.4, -0.2) is 49.2 Å². The maximum Gasteiger partial charge on any atom is 0.153 e. The number of likely N-dealkylation sites (tertiary alicyclic amines) is 1. The van der Waals surface area contributed by atoms with Crippen LogP contribution < -0.4 is 0 Å². The van der Waals surface area contributed by atoms with Crippen LogP contribution in [0.25, 0.3) is 5.65 Å². The van der Waals surface area contributed by atoms with Gasteiger partial charge in [-0.05, 0) is 37.8 Å². The molecule has 5 rings (SSSR count). The molecule has 0 unspecified atom stereocenters. The number of H-pyrrole nitrogens is 1. The Morgan fingerprint density at radius 2 is 2.12 bits per heavy atom. The minimum Gasteiger partial charge on any atom is -0.380 e. The summed E-state index contributed by atoms with van der Waals surface area (Å²) in [6, 6.07) is 4.36. The molecule has 0 radical (unpaired) electrons. The molecule has 0 aromatic carbocycles. The molecule has 0 bridgehead atoms. The van der Waals surface area contributed by atoms with E-state index in [-0.39, 0.29) is 12.1 Å². The topological polar surface area (TPSA) is 71.3 Å². The molecule has 1 saturated carbocycles. The van der Waals surface area contributed by atoms with Crippen LogP contribution in [0.4, 0.5) is 0 Å². The summed E-state index contributed by atoms with van der Waals surface area (Å²) in [6.07, 6.45) is 7.82. The summed E-state index contributed by atoms with van der Waals surface area (Å²) < 4.78 is 7.74. The third-order valence-electron chi connectivity index (χ3n) is 5.49. The van der Waals surface area contributed by atoms with Gasteiger partial charge in [0.1, 0.15) is 11.5 Å². The largest absolute Gasteiger partial charge is 0.380 e. The molecule has 26 heavy (non-hydrogen) atoms. The Bertz CT molecular complexity index is 927. The van der Waals surface area contributed by atoms with Gasteiger partial charge < -0.3 is 9.14 Å². The predicted octanol–water partition coefficient (Wildman–Crippen LogP) is 2.60. The average molecular weight is 352 g/mol. The first-order valence-corrected chi connectivity index (χ1v) is 9.33. The van der Waals surface area contributed by atoms with Crippen molar-refractivity contribution < 1.29 is 4.74 Å². The van der Waals surface area contributed by atoms with Crippen molar-refractivity contribution in [1.29, 1.82) is 0 Å². The fraction of sp³-hybridized carbons (Fsp3) is 0.526. The highest BCUT2D eigenvalue weighted by Gasteiger charge is 2.37. The summed E-state index contributed by atoms with van der Waals surface area (Å²) in [4.78, 5) is 12.0. The fourth-order valence-electron chi connectivity index (χ4n) is 3.89. The molecular weight excluding hydrogens is 328 g/mol. The number of imidazole rings is 1. The van der Waals surface area contributed by atoms with Gasteiger partial charge in [-0.25, -0.2) is 9.97 Å². The Morgan fingerprint density at radius 3 is 2.92 bits per heavy atom. The van der Waals surface area contributed by atoms with Gasteiger partial charge in [0, 0.05) is 38.5 Å². The second-order valence-corrected chi connectivity index (χ2v) is 7.60. The smallest absolute Gasteiger partial charge is 0.153 e. The van der Waals surface area contributed by atoms with Crippen LogP contribution in [-0.2, 0) is 11.3 Å². The minimum atomic E-state index is 0.200. The molecule has 1 N–H and O–H groups in total. The van der Waals surface area contributed by atoms with Gasteiger partial charge in [0.15, 0.2) is 5.82 Å². The minimum absolute atomic E-state index is 0.200. The maximum atomic E-state index is 5.64. The average Bonchev–Trinajstić information content (AvgIpc) is 3.06. The lowest BCUT2D eigenvalue weighted by atomic mass is 10.2. The number of nitrogens with zero attached hydrogens (tertiary/aromatic N) is 5. The van der Waals surface area contributed by atoms with E-state index in [9.17, 15) is 0 Å². The van der Waals surface area contributed by atoms with Crippen LogP contribution in [0.15, 0.2) is 24.5 Å². The zero-order valence-electron chi connectivity index (χ0n) is 15.2. The molecule has 1 aliphatic carbocycles. The van der Waals surface area contributed by atoms with Crippen LogP contribution in [0.1, 0.15) is 54.1 Å². The standard InChI is InChI=1S/C19H24N6O/c1-12-3-6-17-20-14(10-25(17)8-12)9-24-11-15(26-2)7-16(24)19-21-18(22-23-19)13-4-5-13/h3,6,8,10,13,15-16H,4-5,7,9,11H2,1-2H3,(H,21,22,23)/t15-,16+/m1/s1. The van der Waals surface area contributed by atoms with Gasteiger partial charge >= 0.3 is 0 Å². The van der Waals surface area contributed by atoms with Gasteiger partial charge in [-0.2, -0.15) is 5.10 Å². The number of aryl methyl sites for hydroxylation is 1. The van der Waals surface area contributed by atoms with Crippen LogP contribution in [0, 0.1) is 6.92 Å². The summed E-state index contributed by atoms with van der Waals surface area (Å²) >= 11 is 0. The second-order valence-electron chi connectivity index (χ2n) is 7.60. The number of ether oxygens (including phenoxy) is 1. The van der Waals surface area contributed by atoms with E-state index >= 15 is 0 Å². The zero-order valence-corrected chi connectivity index (χ0v) is 15.2. The van der Waals surface area contributed by atoms with Crippen molar-refractivity contribution in [2.75, 3.05) is 13.7 Å². The van der Waals surface area contributed by atoms with Crippen molar-refractivity contribution in [1.82, 2.24) is 29.5 Å². The molecule has 136 valence electrons. The number of aromatic nitrogens is 5. The van der Waals surface area contributed by atoms with Crippen molar-refractivity contribution in [3.05, 3.63) is 47.4 Å². The highest BCUT2D eigenvalue weighted by molar-refractivity contribution is 5.41. The first-order valence-electron chi connectivity index (χ1n) is 9.33. The Kier molecular flexibility index (Phi) is 3.79. The first-order chi connectivity index (χ1) is 12.7. The number of fused-ring (bicyclic) bond motifs is 1. The quantitative estimate of drug-likeness (QED) is 0.764. The highest BCUT2D eigenvalue weighted by Crippen LogP contribution is 2.39. The molecular formula is C19H24N6O. The van der Waals surface area contributed by atoms with Crippen molar-refractivity contribution in [2.24, 2.45) is 0 Å². The van der Waals surface area contributed by atoms with Crippen LogP contribution >= 0.6 is 0 Å². The molecule has 7 heteroatoms. The van der Waals surface area contributed by atoms with Crippen LogP contribution in [0.5, 0.6) is 0 Å². The predicted molar refractivity (Wildman–Crippen MR) is 96.9 cm³/mol. The molecule has 1 saturated heterocycles. The Balaban J connectivity index is 1.40. The second kappa shape index (κ2) is 6.17. The van der Waals surface area contributed by atoms with Crippen LogP contribution in [0.3, 0.4) is 0 Å². The molecule has 2 fully saturated rings. The van der Waals surface area contributed by atoms with E-state index in [1.165, 1.54) is 18.4 Å². The van der Waals surface area contributed by atoms with Crippen molar-refractivity contribution in [2.45, 2.75) is 50.8 Å². The van der Waals surface area contributed by atoms with E-state index in [0.717, 1.165) is 42.5 Å². The normalized spacial score (nSPS) is 23.9. The van der Waals surface area contributed by atoms with E-state index in [1.807, 2.05) is 0 Å². The molecule has 3 aromatic heterocycles. The highest BCUT2D eigenvalue weighted by atomic mass is 16.5. The Labute approximate surface area is 152 Å². The lowest BCUT2D eigenvalue weighted by Crippen LogP contribution is -2.25. The Hall–Kier alpha value is -2.25. The first kappa shape index (κ1) is 16.0.